The van der Waals surface area contributed by atoms with E-state index in [9.17, 15) is 13.2 Å². The average molecular weight is 481 g/mol. The topological polar surface area (TPSA) is 114 Å². The monoisotopic (exact) mass is 480 g/mol. The number of aromatic nitrogens is 3. The van der Waals surface area contributed by atoms with Crippen molar-refractivity contribution in [3.05, 3.63) is 53.8 Å². The lowest BCUT2D eigenvalue weighted by molar-refractivity contribution is 0.0793. The number of sulfonamides is 1. The number of aryl methyl sites for hydroxylation is 1. The van der Waals surface area contributed by atoms with E-state index in [4.69, 9.17) is 5.73 Å². The maximum absolute atomic E-state index is 12.8. The van der Waals surface area contributed by atoms with Gasteiger partial charge in [0, 0.05) is 61.4 Å². The molecule has 0 aliphatic carbocycles. The number of nitrogens with two attached hydrogens (primary N) is 1. The number of benzene rings is 1. The summed E-state index contributed by atoms with van der Waals surface area (Å²) in [5.74, 6) is 0.368. The lowest BCUT2D eigenvalue weighted by Crippen LogP contribution is -2.27. The molecule has 2 aromatic heterocycles. The number of carbonyl (C=O) groups is 1. The van der Waals surface area contributed by atoms with Gasteiger partial charge < -0.3 is 15.2 Å². The smallest absolute Gasteiger partial charge is 0.253 e. The number of anilines is 1. The Morgan fingerprint density at radius 1 is 1.15 bits per heavy atom. The SMILES string of the molecule is C=CS(=O)(=O)N1CCC(c2c(-c3ccc(C(=O)N4CCCC4)cc3)c3c(N)ncnc3n2C)C1. The van der Waals surface area contributed by atoms with Gasteiger partial charge in [0.05, 0.1) is 5.39 Å². The Morgan fingerprint density at radius 2 is 1.85 bits per heavy atom. The lowest BCUT2D eigenvalue weighted by atomic mass is 9.94. The summed E-state index contributed by atoms with van der Waals surface area (Å²) in [4.78, 5) is 23.4. The minimum absolute atomic E-state index is 0.0470. The summed E-state index contributed by atoms with van der Waals surface area (Å²) in [6.07, 6.45) is 4.19. The molecule has 3 aromatic rings. The van der Waals surface area contributed by atoms with Crippen LogP contribution < -0.4 is 5.73 Å². The Hall–Kier alpha value is -3.24. The molecule has 0 bridgehead atoms. The Kier molecular flexibility index (Phi) is 5.65. The molecule has 10 heteroatoms. The Balaban J connectivity index is 1.59. The van der Waals surface area contributed by atoms with Crippen molar-refractivity contribution in [1.29, 1.82) is 0 Å². The standard InChI is InChI=1S/C24H28N6O3S/c1-3-34(32,33)30-13-10-18(14-30)21-19(20-22(25)26-15-27-23(20)28(21)2)16-6-8-17(9-7-16)24(31)29-11-4-5-12-29/h3,6-9,15,18H,1,4-5,10-14H2,2H3,(H2,25,26,27). The predicted octanol–water partition coefficient (Wildman–Crippen LogP) is 2.72. The molecule has 0 radical (unpaired) electrons. The van der Waals surface area contributed by atoms with E-state index >= 15 is 0 Å². The van der Waals surface area contributed by atoms with Gasteiger partial charge in [0.25, 0.3) is 5.91 Å². The van der Waals surface area contributed by atoms with Crippen LogP contribution >= 0.6 is 0 Å². The number of carbonyl (C=O) groups excluding carboxylic acids is 1. The highest BCUT2D eigenvalue weighted by molar-refractivity contribution is 7.92. The van der Waals surface area contributed by atoms with Gasteiger partial charge in [-0.25, -0.2) is 18.4 Å². The number of likely N-dealkylation sites (tertiary alicyclic amines) is 1. The maximum Gasteiger partial charge on any atom is 0.253 e. The number of nitrogens with zero attached hydrogens (tertiary/aromatic N) is 5. The Bertz CT molecular complexity index is 1370. The summed E-state index contributed by atoms with van der Waals surface area (Å²) in [6.45, 7) is 5.83. The molecule has 2 aliphatic rings. The van der Waals surface area contributed by atoms with Crippen molar-refractivity contribution in [3.8, 4) is 11.1 Å². The third-order valence-electron chi connectivity index (χ3n) is 6.96. The lowest BCUT2D eigenvalue weighted by Gasteiger charge is -2.17. The molecule has 0 saturated carbocycles. The van der Waals surface area contributed by atoms with Crippen LogP contribution in [-0.4, -0.2) is 64.2 Å². The van der Waals surface area contributed by atoms with Crippen LogP contribution in [-0.2, 0) is 17.1 Å². The highest BCUT2D eigenvalue weighted by Crippen LogP contribution is 2.42. The van der Waals surface area contributed by atoms with Crippen molar-refractivity contribution >= 4 is 32.8 Å². The molecule has 0 spiro atoms. The van der Waals surface area contributed by atoms with Crippen molar-refractivity contribution in [1.82, 2.24) is 23.7 Å². The number of nitrogen functional groups attached to an aromatic ring is 1. The van der Waals surface area contributed by atoms with Crippen LogP contribution in [0.2, 0.25) is 0 Å². The van der Waals surface area contributed by atoms with Crippen LogP contribution in [0.15, 0.2) is 42.6 Å². The summed E-state index contributed by atoms with van der Waals surface area (Å²) < 4.78 is 28.2. The van der Waals surface area contributed by atoms with Crippen molar-refractivity contribution < 1.29 is 13.2 Å². The molecule has 1 amide bonds. The average Bonchev–Trinajstić information content (AvgIpc) is 3.59. The second-order valence-corrected chi connectivity index (χ2v) is 10.8. The van der Waals surface area contributed by atoms with E-state index in [1.807, 2.05) is 40.8 Å². The summed E-state index contributed by atoms with van der Waals surface area (Å²) >= 11 is 0. The van der Waals surface area contributed by atoms with Crippen LogP contribution in [0.5, 0.6) is 0 Å². The molecule has 4 heterocycles. The fourth-order valence-corrected chi connectivity index (χ4v) is 6.19. The maximum atomic E-state index is 12.8. The zero-order valence-corrected chi connectivity index (χ0v) is 20.0. The van der Waals surface area contributed by atoms with Gasteiger partial charge >= 0.3 is 0 Å². The highest BCUT2D eigenvalue weighted by Gasteiger charge is 2.35. The summed E-state index contributed by atoms with van der Waals surface area (Å²) in [5, 5.41) is 1.74. The molecular formula is C24H28N6O3S. The van der Waals surface area contributed by atoms with Crippen molar-refractivity contribution in [3.63, 3.8) is 0 Å². The van der Waals surface area contributed by atoms with Gasteiger partial charge in [0.2, 0.25) is 10.0 Å². The van der Waals surface area contributed by atoms with Crippen molar-refractivity contribution in [2.24, 2.45) is 7.05 Å². The number of hydrogen-bond donors (Lipinski definition) is 1. The van der Waals surface area contributed by atoms with Gasteiger partial charge in [-0.1, -0.05) is 18.7 Å². The number of amides is 1. The van der Waals surface area contributed by atoms with Crippen LogP contribution in [0.1, 0.15) is 41.2 Å². The van der Waals surface area contributed by atoms with E-state index in [1.165, 1.54) is 10.6 Å². The molecule has 2 saturated heterocycles. The first-order valence-corrected chi connectivity index (χ1v) is 12.9. The summed E-state index contributed by atoms with van der Waals surface area (Å²) in [7, 11) is -1.58. The molecule has 1 atom stereocenters. The number of fused-ring (bicyclic) bond motifs is 1. The highest BCUT2D eigenvalue weighted by atomic mass is 32.2. The van der Waals surface area contributed by atoms with E-state index in [0.29, 0.717) is 36.5 Å². The Labute approximate surface area is 198 Å². The van der Waals surface area contributed by atoms with Crippen LogP contribution in [0, 0.1) is 0 Å². The molecule has 2 aliphatic heterocycles. The van der Waals surface area contributed by atoms with E-state index < -0.39 is 10.0 Å². The minimum Gasteiger partial charge on any atom is -0.383 e. The zero-order chi connectivity index (χ0) is 24.0. The van der Waals surface area contributed by atoms with Crippen molar-refractivity contribution in [2.75, 3.05) is 31.9 Å². The van der Waals surface area contributed by atoms with Gasteiger partial charge in [-0.05, 0) is 37.0 Å². The minimum atomic E-state index is -3.50. The van der Waals surface area contributed by atoms with Crippen LogP contribution in [0.25, 0.3) is 22.2 Å². The normalized spacial score (nSPS) is 19.2. The molecule has 9 nitrogen and oxygen atoms in total. The largest absolute Gasteiger partial charge is 0.383 e. The fourth-order valence-electron chi connectivity index (χ4n) is 5.23. The number of hydrogen-bond acceptors (Lipinski definition) is 6. The molecule has 178 valence electrons. The first kappa shape index (κ1) is 22.5. The fraction of sp³-hybridized carbons (Fsp3) is 0.375. The van der Waals surface area contributed by atoms with E-state index in [1.54, 1.807) is 0 Å². The molecule has 34 heavy (non-hydrogen) atoms. The van der Waals surface area contributed by atoms with Crippen molar-refractivity contribution in [2.45, 2.75) is 25.2 Å². The van der Waals surface area contributed by atoms with Gasteiger partial charge in [-0.15, -0.1) is 0 Å². The molecule has 1 unspecified atom stereocenters. The number of rotatable bonds is 5. The third-order valence-corrected chi connectivity index (χ3v) is 8.44. The first-order valence-electron chi connectivity index (χ1n) is 11.4. The molecule has 1 aromatic carbocycles. The first-order chi connectivity index (χ1) is 16.3. The molecular weight excluding hydrogens is 452 g/mol. The quantitative estimate of drug-likeness (QED) is 0.601. The summed E-state index contributed by atoms with van der Waals surface area (Å²) in [6, 6.07) is 7.56. The van der Waals surface area contributed by atoms with Gasteiger partial charge in [-0.2, -0.15) is 4.31 Å². The third kappa shape index (κ3) is 3.67. The molecule has 2 fully saturated rings. The summed E-state index contributed by atoms with van der Waals surface area (Å²) in [5.41, 5.74) is 10.4. The van der Waals surface area contributed by atoms with Gasteiger partial charge in [0.1, 0.15) is 17.8 Å². The predicted molar refractivity (Wildman–Crippen MR) is 132 cm³/mol. The molecule has 5 rings (SSSR count). The van der Waals surface area contributed by atoms with E-state index in [0.717, 1.165) is 53.5 Å². The zero-order valence-electron chi connectivity index (χ0n) is 19.1. The van der Waals surface area contributed by atoms with E-state index in [-0.39, 0.29) is 11.8 Å². The van der Waals surface area contributed by atoms with Gasteiger partial charge in [-0.3, -0.25) is 4.79 Å². The van der Waals surface area contributed by atoms with Gasteiger partial charge in [0.15, 0.2) is 0 Å². The second-order valence-electron chi connectivity index (χ2n) is 8.91. The van der Waals surface area contributed by atoms with Crippen LogP contribution in [0.4, 0.5) is 5.82 Å². The van der Waals surface area contributed by atoms with E-state index in [2.05, 4.69) is 16.5 Å². The van der Waals surface area contributed by atoms with Crippen LogP contribution in [0.3, 0.4) is 0 Å². The molecule has 2 N–H and O–H groups in total. The Morgan fingerprint density at radius 3 is 2.53 bits per heavy atom. The second kappa shape index (κ2) is 8.52.